The topological polar surface area (TPSA) is 67.2 Å². The highest BCUT2D eigenvalue weighted by Crippen LogP contribution is 2.33. The lowest BCUT2D eigenvalue weighted by Crippen LogP contribution is -2.38. The van der Waals surface area contributed by atoms with E-state index < -0.39 is 0 Å². The van der Waals surface area contributed by atoms with Gasteiger partial charge in [0.05, 0.1) is 12.1 Å². The number of nitrogens with one attached hydrogen (secondary N) is 2. The maximum Gasteiger partial charge on any atom is 0.225 e. The zero-order valence-corrected chi connectivity index (χ0v) is 10.8. The molecular weight excluding hydrogens is 230 g/mol. The Labute approximate surface area is 106 Å². The van der Waals surface area contributed by atoms with Crippen LogP contribution in [0.1, 0.15) is 43.9 Å². The van der Waals surface area contributed by atoms with Crippen molar-refractivity contribution in [1.82, 2.24) is 15.6 Å². The minimum atomic E-state index is -0.162. The van der Waals surface area contributed by atoms with Gasteiger partial charge in [0, 0.05) is 12.1 Å². The van der Waals surface area contributed by atoms with Crippen LogP contribution in [0.4, 0.5) is 0 Å². The quantitative estimate of drug-likeness (QED) is 0.847. The van der Waals surface area contributed by atoms with Crippen molar-refractivity contribution in [3.63, 3.8) is 0 Å². The lowest BCUT2D eigenvalue weighted by Gasteiger charge is -2.21. The molecule has 5 nitrogen and oxygen atoms in total. The third-order valence-electron chi connectivity index (χ3n) is 4.01. The van der Waals surface area contributed by atoms with Crippen LogP contribution in [-0.4, -0.2) is 23.0 Å². The average molecular weight is 249 g/mol. The molecule has 18 heavy (non-hydrogen) atoms. The number of fused-ring (bicyclic) bond motifs is 2. The van der Waals surface area contributed by atoms with Gasteiger partial charge in [-0.1, -0.05) is 0 Å². The van der Waals surface area contributed by atoms with Gasteiger partial charge in [-0.25, -0.2) is 4.98 Å². The molecule has 1 aromatic rings. The van der Waals surface area contributed by atoms with Gasteiger partial charge in [-0.3, -0.25) is 4.79 Å². The van der Waals surface area contributed by atoms with Crippen molar-refractivity contribution in [2.75, 3.05) is 0 Å². The van der Waals surface area contributed by atoms with Gasteiger partial charge in [0.2, 0.25) is 11.8 Å². The van der Waals surface area contributed by atoms with Gasteiger partial charge in [-0.15, -0.1) is 0 Å². The average Bonchev–Trinajstić information content (AvgIpc) is 3.03. The first-order valence-corrected chi connectivity index (χ1v) is 6.62. The van der Waals surface area contributed by atoms with E-state index in [1.807, 2.05) is 13.8 Å². The van der Waals surface area contributed by atoms with Crippen LogP contribution in [-0.2, 0) is 4.79 Å². The number of aryl methyl sites for hydroxylation is 1. The summed E-state index contributed by atoms with van der Waals surface area (Å²) in [6, 6.07) is 0.754. The SMILES string of the molecule is Cc1cnc(C(C)NC(=O)C2CC3CCC2N3)o1. The first kappa shape index (κ1) is 11.7. The van der Waals surface area contributed by atoms with Crippen molar-refractivity contribution in [1.29, 1.82) is 0 Å². The largest absolute Gasteiger partial charge is 0.444 e. The summed E-state index contributed by atoms with van der Waals surface area (Å²) in [7, 11) is 0. The lowest BCUT2D eigenvalue weighted by molar-refractivity contribution is -0.126. The summed E-state index contributed by atoms with van der Waals surface area (Å²) in [4.78, 5) is 16.4. The number of amides is 1. The van der Waals surface area contributed by atoms with Crippen molar-refractivity contribution in [2.45, 2.75) is 51.2 Å². The van der Waals surface area contributed by atoms with Gasteiger partial charge in [0.15, 0.2) is 0 Å². The molecule has 1 aromatic heterocycles. The second kappa shape index (κ2) is 4.39. The Hall–Kier alpha value is -1.36. The number of hydrogen-bond acceptors (Lipinski definition) is 4. The molecule has 4 unspecified atom stereocenters. The van der Waals surface area contributed by atoms with Crippen LogP contribution < -0.4 is 10.6 Å². The zero-order chi connectivity index (χ0) is 12.7. The highest BCUT2D eigenvalue weighted by atomic mass is 16.4. The van der Waals surface area contributed by atoms with E-state index in [0.29, 0.717) is 18.0 Å². The summed E-state index contributed by atoms with van der Waals surface area (Å²) < 4.78 is 5.43. The van der Waals surface area contributed by atoms with E-state index in [2.05, 4.69) is 15.6 Å². The summed E-state index contributed by atoms with van der Waals surface area (Å²) in [6.07, 6.45) is 4.98. The minimum Gasteiger partial charge on any atom is -0.444 e. The molecule has 0 saturated carbocycles. The van der Waals surface area contributed by atoms with E-state index in [1.165, 1.54) is 6.42 Å². The summed E-state index contributed by atoms with van der Waals surface area (Å²) in [5.74, 6) is 1.59. The smallest absolute Gasteiger partial charge is 0.225 e. The van der Waals surface area contributed by atoms with E-state index in [4.69, 9.17) is 4.42 Å². The van der Waals surface area contributed by atoms with E-state index in [-0.39, 0.29) is 17.9 Å². The molecule has 2 aliphatic heterocycles. The molecule has 5 heteroatoms. The first-order valence-electron chi connectivity index (χ1n) is 6.62. The van der Waals surface area contributed by atoms with Crippen molar-refractivity contribution >= 4 is 5.91 Å². The molecule has 0 radical (unpaired) electrons. The Morgan fingerprint density at radius 1 is 1.61 bits per heavy atom. The zero-order valence-electron chi connectivity index (χ0n) is 10.8. The number of carbonyl (C=O) groups excluding carboxylic acids is 1. The monoisotopic (exact) mass is 249 g/mol. The highest BCUT2D eigenvalue weighted by molar-refractivity contribution is 5.80. The van der Waals surface area contributed by atoms with E-state index >= 15 is 0 Å². The van der Waals surface area contributed by atoms with Gasteiger partial charge in [0.25, 0.3) is 0 Å². The van der Waals surface area contributed by atoms with Crippen LogP contribution >= 0.6 is 0 Å². The number of carbonyl (C=O) groups is 1. The Bertz CT molecular complexity index is 457. The number of aromatic nitrogens is 1. The number of rotatable bonds is 3. The molecule has 3 rings (SSSR count). The Balaban J connectivity index is 1.61. The maximum atomic E-state index is 12.2. The van der Waals surface area contributed by atoms with Crippen LogP contribution in [0.5, 0.6) is 0 Å². The molecule has 4 atom stereocenters. The van der Waals surface area contributed by atoms with Gasteiger partial charge in [0.1, 0.15) is 11.8 Å². The van der Waals surface area contributed by atoms with Crippen molar-refractivity contribution < 1.29 is 9.21 Å². The van der Waals surface area contributed by atoms with Gasteiger partial charge in [-0.2, -0.15) is 0 Å². The molecule has 2 aliphatic rings. The maximum absolute atomic E-state index is 12.2. The normalized spacial score (nSPS) is 31.6. The van der Waals surface area contributed by atoms with Gasteiger partial charge < -0.3 is 15.1 Å². The molecule has 0 aromatic carbocycles. The molecular formula is C13H19N3O2. The third kappa shape index (κ3) is 2.03. The predicted octanol–water partition coefficient (Wildman–Crippen LogP) is 1.30. The molecule has 3 heterocycles. The molecule has 98 valence electrons. The highest BCUT2D eigenvalue weighted by Gasteiger charge is 2.43. The third-order valence-corrected chi connectivity index (χ3v) is 4.01. The second-order valence-electron chi connectivity index (χ2n) is 5.43. The minimum absolute atomic E-state index is 0.113. The number of hydrogen-bond donors (Lipinski definition) is 2. The Kier molecular flexibility index (Phi) is 2.86. The van der Waals surface area contributed by atoms with Crippen molar-refractivity contribution in [3.05, 3.63) is 17.8 Å². The summed E-state index contributed by atoms with van der Waals surface area (Å²) in [5, 5.41) is 6.48. The van der Waals surface area contributed by atoms with E-state index in [0.717, 1.165) is 18.6 Å². The number of oxazole rings is 1. The fraction of sp³-hybridized carbons (Fsp3) is 0.692. The summed E-state index contributed by atoms with van der Waals surface area (Å²) in [6.45, 7) is 3.76. The fourth-order valence-electron chi connectivity index (χ4n) is 3.07. The Morgan fingerprint density at radius 2 is 2.44 bits per heavy atom. The van der Waals surface area contributed by atoms with Crippen LogP contribution in [0.2, 0.25) is 0 Å². The first-order chi connectivity index (χ1) is 8.63. The molecule has 0 aliphatic carbocycles. The molecule has 2 saturated heterocycles. The van der Waals surface area contributed by atoms with E-state index in [1.54, 1.807) is 6.20 Å². The van der Waals surface area contributed by atoms with Crippen LogP contribution in [0.3, 0.4) is 0 Å². The van der Waals surface area contributed by atoms with Crippen LogP contribution in [0.25, 0.3) is 0 Å². The standard InChI is InChI=1S/C13H19N3O2/c1-7-6-14-13(18-7)8(2)15-12(17)10-5-9-3-4-11(10)16-9/h6,8-11,16H,3-5H2,1-2H3,(H,15,17). The van der Waals surface area contributed by atoms with Gasteiger partial charge >= 0.3 is 0 Å². The molecule has 0 spiro atoms. The number of nitrogens with zero attached hydrogens (tertiary/aromatic N) is 1. The fourth-order valence-corrected chi connectivity index (χ4v) is 3.07. The van der Waals surface area contributed by atoms with Gasteiger partial charge in [-0.05, 0) is 33.1 Å². The van der Waals surface area contributed by atoms with Crippen molar-refractivity contribution in [3.8, 4) is 0 Å². The summed E-state index contributed by atoms with van der Waals surface area (Å²) in [5.41, 5.74) is 0. The van der Waals surface area contributed by atoms with E-state index in [9.17, 15) is 4.79 Å². The van der Waals surface area contributed by atoms with Crippen LogP contribution in [0, 0.1) is 12.8 Å². The molecule has 2 N–H and O–H groups in total. The van der Waals surface area contributed by atoms with Crippen molar-refractivity contribution in [2.24, 2.45) is 5.92 Å². The van der Waals surface area contributed by atoms with Crippen LogP contribution in [0.15, 0.2) is 10.6 Å². The second-order valence-corrected chi connectivity index (χ2v) is 5.43. The lowest BCUT2D eigenvalue weighted by atomic mass is 9.88. The Morgan fingerprint density at radius 3 is 3.00 bits per heavy atom. The molecule has 2 fully saturated rings. The molecule has 1 amide bonds. The predicted molar refractivity (Wildman–Crippen MR) is 65.9 cm³/mol. The molecule has 2 bridgehead atoms. The summed E-state index contributed by atoms with van der Waals surface area (Å²) >= 11 is 0.